The SMILES string of the molecule is N=C1S/C(=C/c2cc([N+](=O)[O-])ccc2OCc2ccccc2Cl)C(=O)N1c1nccs1. The van der Waals surface area contributed by atoms with Gasteiger partial charge < -0.3 is 4.74 Å². The zero-order chi connectivity index (χ0) is 22.0. The fraction of sp³-hybridized carbons (Fsp3) is 0.0500. The molecule has 1 amide bonds. The molecule has 4 rings (SSSR count). The van der Waals surface area contributed by atoms with Gasteiger partial charge in [-0.15, -0.1) is 11.3 Å². The lowest BCUT2D eigenvalue weighted by Gasteiger charge is -2.11. The maximum Gasteiger partial charge on any atom is 0.273 e. The van der Waals surface area contributed by atoms with Crippen LogP contribution in [0.15, 0.2) is 58.9 Å². The second-order valence-corrected chi connectivity index (χ2v) is 8.54. The van der Waals surface area contributed by atoms with Crippen LogP contribution >= 0.6 is 34.7 Å². The molecule has 1 N–H and O–H groups in total. The molecule has 1 aromatic heterocycles. The standard InChI is InChI=1S/C20H13ClN4O4S2/c21-15-4-2-1-3-12(15)11-29-16-6-5-14(25(27)28)9-13(16)10-17-18(26)24(19(22)31-17)20-23-7-8-30-20/h1-10,22H,11H2/b17-10+,22-19?. The van der Waals surface area contributed by atoms with Crippen molar-refractivity contribution in [3.63, 3.8) is 0 Å². The number of ether oxygens (including phenoxy) is 1. The number of nitro groups is 1. The highest BCUT2D eigenvalue weighted by atomic mass is 35.5. The van der Waals surface area contributed by atoms with Crippen LogP contribution in [0, 0.1) is 15.5 Å². The third-order valence-electron chi connectivity index (χ3n) is 4.27. The van der Waals surface area contributed by atoms with Gasteiger partial charge in [-0.05, 0) is 30.0 Å². The molecule has 0 atom stereocenters. The lowest BCUT2D eigenvalue weighted by atomic mass is 10.1. The highest BCUT2D eigenvalue weighted by Crippen LogP contribution is 2.38. The largest absolute Gasteiger partial charge is 0.488 e. The van der Waals surface area contributed by atoms with E-state index in [1.54, 1.807) is 23.7 Å². The van der Waals surface area contributed by atoms with Crippen molar-refractivity contribution < 1.29 is 14.5 Å². The van der Waals surface area contributed by atoms with Crippen molar-refractivity contribution in [2.75, 3.05) is 4.90 Å². The molecule has 0 spiro atoms. The van der Waals surface area contributed by atoms with E-state index < -0.39 is 10.8 Å². The number of rotatable bonds is 6. The second kappa shape index (κ2) is 8.88. The van der Waals surface area contributed by atoms with E-state index >= 15 is 0 Å². The molecule has 156 valence electrons. The van der Waals surface area contributed by atoms with Crippen molar-refractivity contribution in [1.29, 1.82) is 5.41 Å². The van der Waals surface area contributed by atoms with E-state index in [1.807, 2.05) is 12.1 Å². The first-order valence-corrected chi connectivity index (χ1v) is 10.9. The number of thiazole rings is 1. The molecule has 2 aromatic carbocycles. The van der Waals surface area contributed by atoms with Crippen LogP contribution in [-0.4, -0.2) is 21.0 Å². The molecular weight excluding hydrogens is 460 g/mol. The summed E-state index contributed by atoms with van der Waals surface area (Å²) in [5.41, 5.74) is 0.967. The average molecular weight is 473 g/mol. The monoisotopic (exact) mass is 472 g/mol. The van der Waals surface area contributed by atoms with Gasteiger partial charge in [-0.25, -0.2) is 9.88 Å². The fourth-order valence-corrected chi connectivity index (χ4v) is 4.52. The Balaban J connectivity index is 1.67. The van der Waals surface area contributed by atoms with E-state index in [1.165, 1.54) is 40.5 Å². The molecule has 0 bridgehead atoms. The lowest BCUT2D eigenvalue weighted by molar-refractivity contribution is -0.384. The Hall–Kier alpha value is -3.21. The number of aromatic nitrogens is 1. The molecule has 2 heterocycles. The van der Waals surface area contributed by atoms with E-state index in [4.69, 9.17) is 21.7 Å². The molecule has 11 heteroatoms. The van der Waals surface area contributed by atoms with Gasteiger partial charge in [0.1, 0.15) is 12.4 Å². The molecule has 3 aromatic rings. The topological polar surface area (TPSA) is 109 Å². The second-order valence-electron chi connectivity index (χ2n) is 6.23. The van der Waals surface area contributed by atoms with Crippen molar-refractivity contribution in [3.05, 3.63) is 85.2 Å². The number of hydrogen-bond donors (Lipinski definition) is 1. The molecule has 8 nitrogen and oxygen atoms in total. The summed E-state index contributed by atoms with van der Waals surface area (Å²) < 4.78 is 5.86. The van der Waals surface area contributed by atoms with Crippen molar-refractivity contribution in [2.24, 2.45) is 0 Å². The van der Waals surface area contributed by atoms with Gasteiger partial charge in [0, 0.05) is 39.9 Å². The van der Waals surface area contributed by atoms with Crippen LogP contribution in [0.1, 0.15) is 11.1 Å². The molecule has 0 unspecified atom stereocenters. The maximum atomic E-state index is 12.8. The van der Waals surface area contributed by atoms with Crippen molar-refractivity contribution in [2.45, 2.75) is 6.61 Å². The number of nitrogens with one attached hydrogen (secondary N) is 1. The van der Waals surface area contributed by atoms with E-state index in [0.29, 0.717) is 21.5 Å². The number of thioether (sulfide) groups is 1. The number of hydrogen-bond acceptors (Lipinski definition) is 8. The number of benzene rings is 2. The Morgan fingerprint density at radius 2 is 2.10 bits per heavy atom. The molecule has 31 heavy (non-hydrogen) atoms. The molecule has 0 saturated carbocycles. The summed E-state index contributed by atoms with van der Waals surface area (Å²) in [5.74, 6) is -0.0702. The molecule has 1 fully saturated rings. The third-order valence-corrected chi connectivity index (χ3v) is 6.28. The zero-order valence-corrected chi connectivity index (χ0v) is 18.0. The first-order chi connectivity index (χ1) is 14.9. The van der Waals surface area contributed by atoms with E-state index in [9.17, 15) is 14.9 Å². The fourth-order valence-electron chi connectivity index (χ4n) is 2.79. The number of amides is 1. The number of nitrogens with zero attached hydrogens (tertiary/aromatic N) is 3. The predicted octanol–water partition coefficient (Wildman–Crippen LogP) is 5.34. The van der Waals surface area contributed by atoms with Gasteiger partial charge in [-0.2, -0.15) is 0 Å². The normalized spacial score (nSPS) is 15.0. The quantitative estimate of drug-likeness (QED) is 0.294. The number of carbonyl (C=O) groups excluding carboxylic acids is 1. The van der Waals surface area contributed by atoms with E-state index in [0.717, 1.165) is 17.3 Å². The Morgan fingerprint density at radius 3 is 2.81 bits per heavy atom. The van der Waals surface area contributed by atoms with Gasteiger partial charge in [0.15, 0.2) is 10.3 Å². The summed E-state index contributed by atoms with van der Waals surface area (Å²) in [7, 11) is 0. The minimum atomic E-state index is -0.520. The first-order valence-electron chi connectivity index (χ1n) is 8.80. The van der Waals surface area contributed by atoms with Crippen LogP contribution in [-0.2, 0) is 11.4 Å². The highest BCUT2D eigenvalue weighted by Gasteiger charge is 2.35. The van der Waals surface area contributed by atoms with E-state index in [2.05, 4.69) is 4.98 Å². The Labute approximate surface area is 189 Å². The summed E-state index contributed by atoms with van der Waals surface area (Å²) in [6, 6.07) is 11.3. The average Bonchev–Trinajstić information content (AvgIpc) is 3.36. The summed E-state index contributed by atoms with van der Waals surface area (Å²) >= 11 is 8.37. The van der Waals surface area contributed by atoms with Crippen LogP contribution < -0.4 is 9.64 Å². The summed E-state index contributed by atoms with van der Waals surface area (Å²) in [6.07, 6.45) is 3.04. The Morgan fingerprint density at radius 1 is 1.29 bits per heavy atom. The zero-order valence-electron chi connectivity index (χ0n) is 15.6. The summed E-state index contributed by atoms with van der Waals surface area (Å²) in [4.78, 5) is 29.1. The van der Waals surface area contributed by atoms with E-state index in [-0.39, 0.29) is 22.4 Å². The molecular formula is C20H13ClN4O4S2. The maximum absolute atomic E-state index is 12.8. The number of halogens is 1. The van der Waals surface area contributed by atoms with Gasteiger partial charge in [-0.3, -0.25) is 20.3 Å². The Bertz CT molecular complexity index is 1210. The van der Waals surface area contributed by atoms with Gasteiger partial charge in [0.25, 0.3) is 11.6 Å². The van der Waals surface area contributed by atoms with Crippen molar-refractivity contribution >= 4 is 62.7 Å². The van der Waals surface area contributed by atoms with Gasteiger partial charge in [0.2, 0.25) is 0 Å². The summed E-state index contributed by atoms with van der Waals surface area (Å²) in [6.45, 7) is 0.149. The molecule has 1 aliphatic rings. The van der Waals surface area contributed by atoms with Gasteiger partial charge in [-0.1, -0.05) is 29.8 Å². The van der Waals surface area contributed by atoms with Crippen LogP contribution in [0.4, 0.5) is 10.8 Å². The van der Waals surface area contributed by atoms with Crippen LogP contribution in [0.25, 0.3) is 6.08 Å². The minimum absolute atomic E-state index is 0.00941. The number of anilines is 1. The van der Waals surface area contributed by atoms with Gasteiger partial charge >= 0.3 is 0 Å². The molecule has 1 saturated heterocycles. The van der Waals surface area contributed by atoms with Gasteiger partial charge in [0.05, 0.1) is 9.83 Å². The van der Waals surface area contributed by atoms with Crippen LogP contribution in [0.5, 0.6) is 5.75 Å². The molecule has 0 aliphatic carbocycles. The molecule has 0 radical (unpaired) electrons. The third kappa shape index (κ3) is 4.46. The first kappa shape index (κ1) is 21.0. The molecule has 1 aliphatic heterocycles. The Kier molecular flexibility index (Phi) is 6.03. The minimum Gasteiger partial charge on any atom is -0.488 e. The number of nitro benzene ring substituents is 1. The summed E-state index contributed by atoms with van der Waals surface area (Å²) in [5, 5.41) is 22.0. The van der Waals surface area contributed by atoms with Crippen LogP contribution in [0.3, 0.4) is 0 Å². The predicted molar refractivity (Wildman–Crippen MR) is 122 cm³/mol. The highest BCUT2D eigenvalue weighted by molar-refractivity contribution is 8.19. The van der Waals surface area contributed by atoms with Crippen molar-refractivity contribution in [3.8, 4) is 5.75 Å². The smallest absolute Gasteiger partial charge is 0.273 e. The number of non-ortho nitro benzene ring substituents is 1. The number of carbonyl (C=O) groups is 1. The lowest BCUT2D eigenvalue weighted by Crippen LogP contribution is -2.27. The van der Waals surface area contributed by atoms with Crippen molar-refractivity contribution in [1.82, 2.24) is 4.98 Å². The number of amidine groups is 1. The van der Waals surface area contributed by atoms with Crippen LogP contribution in [0.2, 0.25) is 5.02 Å².